The van der Waals surface area contributed by atoms with Crippen molar-refractivity contribution in [1.82, 2.24) is 4.90 Å². The van der Waals surface area contributed by atoms with Crippen molar-refractivity contribution >= 4 is 0 Å². The molecule has 12 heavy (non-hydrogen) atoms. The molecule has 0 N–H and O–H groups in total. The molecule has 1 unspecified atom stereocenters. The van der Waals surface area contributed by atoms with Crippen LogP contribution in [0.4, 0.5) is 0 Å². The van der Waals surface area contributed by atoms with Gasteiger partial charge in [-0.3, -0.25) is 0 Å². The Kier molecular flexibility index (Phi) is 2.81. The molecule has 0 spiro atoms. The first kappa shape index (κ1) is 9.63. The molecule has 1 rings (SSSR count). The topological polar surface area (TPSA) is 3.24 Å². The van der Waals surface area contributed by atoms with Gasteiger partial charge >= 0.3 is 0 Å². The summed E-state index contributed by atoms with van der Waals surface area (Å²) in [6.45, 7) is 8.27. The van der Waals surface area contributed by atoms with E-state index in [4.69, 9.17) is 0 Å². The smallest absolute Gasteiger partial charge is 0.0174 e. The molecule has 0 bridgehead atoms. The van der Waals surface area contributed by atoms with Crippen molar-refractivity contribution in [2.75, 3.05) is 13.6 Å². The van der Waals surface area contributed by atoms with Gasteiger partial charge in [-0.25, -0.2) is 0 Å². The maximum atomic E-state index is 2.40. The first-order valence-corrected chi connectivity index (χ1v) is 4.91. The Hall–Kier alpha value is -0.460. The molecule has 0 saturated carbocycles. The Balaban J connectivity index is 2.64. The molecule has 0 radical (unpaired) electrons. The van der Waals surface area contributed by atoms with E-state index < -0.39 is 0 Å². The molecule has 1 heterocycles. The third kappa shape index (κ3) is 2.02. The van der Waals surface area contributed by atoms with Gasteiger partial charge in [0, 0.05) is 13.6 Å². The second-order valence-electron chi connectivity index (χ2n) is 4.63. The molecule has 0 aliphatic carbocycles. The summed E-state index contributed by atoms with van der Waals surface area (Å²) in [5.41, 5.74) is 0.515. The summed E-state index contributed by atoms with van der Waals surface area (Å²) >= 11 is 0. The first-order valence-electron chi connectivity index (χ1n) is 4.91. The number of hydrogen-bond acceptors (Lipinski definition) is 1. The maximum absolute atomic E-state index is 2.40. The highest BCUT2D eigenvalue weighted by Gasteiger charge is 2.27. The SMILES string of the molecule is CC(C)C1(C)CC=CN(C)CC1. The molecular formula is C11H21N. The molecule has 0 fully saturated rings. The Morgan fingerprint density at radius 2 is 2.08 bits per heavy atom. The van der Waals surface area contributed by atoms with Crippen LogP contribution in [0.25, 0.3) is 0 Å². The highest BCUT2D eigenvalue weighted by Crippen LogP contribution is 2.36. The van der Waals surface area contributed by atoms with Gasteiger partial charge in [-0.05, 0) is 30.4 Å². The number of hydrogen-bond donors (Lipinski definition) is 0. The molecule has 0 aromatic carbocycles. The maximum Gasteiger partial charge on any atom is 0.0174 e. The average Bonchev–Trinajstić information content (AvgIpc) is 2.15. The Bertz CT molecular complexity index is 172. The van der Waals surface area contributed by atoms with Gasteiger partial charge in [-0.2, -0.15) is 0 Å². The minimum absolute atomic E-state index is 0.515. The second kappa shape index (κ2) is 3.51. The predicted molar refractivity (Wildman–Crippen MR) is 53.9 cm³/mol. The average molecular weight is 167 g/mol. The van der Waals surface area contributed by atoms with E-state index in [2.05, 4.69) is 45.0 Å². The monoisotopic (exact) mass is 167 g/mol. The molecular weight excluding hydrogens is 146 g/mol. The zero-order chi connectivity index (χ0) is 9.19. The molecule has 1 heteroatoms. The summed E-state index contributed by atoms with van der Waals surface area (Å²) in [4.78, 5) is 2.29. The number of allylic oxidation sites excluding steroid dienone is 1. The van der Waals surface area contributed by atoms with Gasteiger partial charge in [0.05, 0.1) is 0 Å². The van der Waals surface area contributed by atoms with Crippen LogP contribution >= 0.6 is 0 Å². The van der Waals surface area contributed by atoms with Crippen LogP contribution in [0.3, 0.4) is 0 Å². The summed E-state index contributed by atoms with van der Waals surface area (Å²) in [6, 6.07) is 0. The summed E-state index contributed by atoms with van der Waals surface area (Å²) in [7, 11) is 2.16. The van der Waals surface area contributed by atoms with Gasteiger partial charge in [0.1, 0.15) is 0 Å². The minimum Gasteiger partial charge on any atom is -0.381 e. The van der Waals surface area contributed by atoms with Crippen LogP contribution in [-0.4, -0.2) is 18.5 Å². The van der Waals surface area contributed by atoms with Crippen molar-refractivity contribution in [2.24, 2.45) is 11.3 Å². The van der Waals surface area contributed by atoms with E-state index in [1.54, 1.807) is 0 Å². The fraction of sp³-hybridized carbons (Fsp3) is 0.818. The summed E-state index contributed by atoms with van der Waals surface area (Å²) in [5, 5.41) is 0. The molecule has 0 amide bonds. The fourth-order valence-electron chi connectivity index (χ4n) is 1.63. The second-order valence-corrected chi connectivity index (χ2v) is 4.63. The molecule has 1 atom stereocenters. The van der Waals surface area contributed by atoms with E-state index in [1.165, 1.54) is 19.4 Å². The number of nitrogens with zero attached hydrogens (tertiary/aromatic N) is 1. The summed E-state index contributed by atoms with van der Waals surface area (Å²) in [5.74, 6) is 0.786. The van der Waals surface area contributed by atoms with Crippen molar-refractivity contribution in [3.8, 4) is 0 Å². The van der Waals surface area contributed by atoms with E-state index in [1.807, 2.05) is 0 Å². The molecule has 1 nitrogen and oxygen atoms in total. The van der Waals surface area contributed by atoms with Crippen LogP contribution in [0.1, 0.15) is 33.6 Å². The predicted octanol–water partition coefficient (Wildman–Crippen LogP) is 2.89. The first-order chi connectivity index (χ1) is 5.54. The largest absolute Gasteiger partial charge is 0.381 e. The van der Waals surface area contributed by atoms with E-state index in [9.17, 15) is 0 Å². The lowest BCUT2D eigenvalue weighted by atomic mass is 9.74. The Morgan fingerprint density at radius 3 is 2.67 bits per heavy atom. The third-order valence-corrected chi connectivity index (χ3v) is 3.37. The van der Waals surface area contributed by atoms with E-state index >= 15 is 0 Å². The lowest BCUT2D eigenvalue weighted by Crippen LogP contribution is -2.25. The standard InChI is InChI=1S/C11H21N/c1-10(2)11(3)6-5-8-12(4)9-7-11/h5,8,10H,6-7,9H2,1-4H3. The molecule has 0 aromatic rings. The van der Waals surface area contributed by atoms with Crippen molar-refractivity contribution in [1.29, 1.82) is 0 Å². The van der Waals surface area contributed by atoms with Crippen LogP contribution in [0.2, 0.25) is 0 Å². The van der Waals surface area contributed by atoms with Gasteiger partial charge in [0.15, 0.2) is 0 Å². The Labute approximate surface area is 76.5 Å². The van der Waals surface area contributed by atoms with Crippen molar-refractivity contribution in [3.05, 3.63) is 12.3 Å². The lowest BCUT2D eigenvalue weighted by molar-refractivity contribution is 0.193. The molecule has 0 aromatic heterocycles. The van der Waals surface area contributed by atoms with Gasteiger partial charge in [-0.15, -0.1) is 0 Å². The van der Waals surface area contributed by atoms with Gasteiger partial charge in [0.2, 0.25) is 0 Å². The van der Waals surface area contributed by atoms with Crippen LogP contribution < -0.4 is 0 Å². The van der Waals surface area contributed by atoms with Crippen LogP contribution in [0, 0.1) is 11.3 Å². The quantitative estimate of drug-likeness (QED) is 0.580. The van der Waals surface area contributed by atoms with E-state index in [0.29, 0.717) is 5.41 Å². The lowest BCUT2D eigenvalue weighted by Gasteiger charge is -2.32. The van der Waals surface area contributed by atoms with Crippen LogP contribution in [-0.2, 0) is 0 Å². The van der Waals surface area contributed by atoms with Gasteiger partial charge < -0.3 is 4.90 Å². The van der Waals surface area contributed by atoms with Crippen molar-refractivity contribution in [2.45, 2.75) is 33.6 Å². The highest BCUT2D eigenvalue weighted by molar-refractivity contribution is 4.94. The van der Waals surface area contributed by atoms with E-state index in [0.717, 1.165) is 5.92 Å². The Morgan fingerprint density at radius 1 is 1.42 bits per heavy atom. The fourth-order valence-corrected chi connectivity index (χ4v) is 1.63. The minimum atomic E-state index is 0.515. The number of rotatable bonds is 1. The van der Waals surface area contributed by atoms with Crippen molar-refractivity contribution < 1.29 is 0 Å². The zero-order valence-corrected chi connectivity index (χ0v) is 8.80. The summed E-state index contributed by atoms with van der Waals surface area (Å²) < 4.78 is 0. The van der Waals surface area contributed by atoms with Crippen LogP contribution in [0.15, 0.2) is 12.3 Å². The normalized spacial score (nSPS) is 30.9. The highest BCUT2D eigenvalue weighted by atomic mass is 15.1. The summed E-state index contributed by atoms with van der Waals surface area (Å²) in [6.07, 6.45) is 7.07. The van der Waals surface area contributed by atoms with Gasteiger partial charge in [0.25, 0.3) is 0 Å². The van der Waals surface area contributed by atoms with Crippen LogP contribution in [0.5, 0.6) is 0 Å². The third-order valence-electron chi connectivity index (χ3n) is 3.37. The molecule has 0 saturated heterocycles. The van der Waals surface area contributed by atoms with E-state index in [-0.39, 0.29) is 0 Å². The zero-order valence-electron chi connectivity index (χ0n) is 8.80. The molecule has 70 valence electrons. The molecule has 1 aliphatic rings. The van der Waals surface area contributed by atoms with Gasteiger partial charge in [-0.1, -0.05) is 26.8 Å². The molecule has 1 aliphatic heterocycles. The van der Waals surface area contributed by atoms with Crippen molar-refractivity contribution in [3.63, 3.8) is 0 Å².